The second-order valence-electron chi connectivity index (χ2n) is 9.74. The van der Waals surface area contributed by atoms with Crippen molar-refractivity contribution in [3.8, 4) is 12.1 Å². The Bertz CT molecular complexity index is 1430. The molecule has 0 heterocycles. The lowest BCUT2D eigenvalue weighted by molar-refractivity contribution is -0.140. The van der Waals surface area contributed by atoms with Crippen LogP contribution in [0.25, 0.3) is 11.1 Å². The molecule has 1 aliphatic rings. The lowest BCUT2D eigenvalue weighted by Gasteiger charge is -2.15. The summed E-state index contributed by atoms with van der Waals surface area (Å²) in [6.45, 7) is 7.74. The van der Waals surface area contributed by atoms with E-state index in [-0.39, 0.29) is 17.7 Å². The third-order valence-electron chi connectivity index (χ3n) is 6.60. The van der Waals surface area contributed by atoms with Gasteiger partial charge in [-0.1, -0.05) is 68.8 Å². The molecule has 6 nitrogen and oxygen atoms in total. The third-order valence-corrected chi connectivity index (χ3v) is 6.60. The Morgan fingerprint density at radius 3 is 1.93 bits per heavy atom. The summed E-state index contributed by atoms with van der Waals surface area (Å²) in [6.07, 6.45) is 13.4. The van der Waals surface area contributed by atoms with Crippen molar-refractivity contribution in [3.63, 3.8) is 0 Å². The molecule has 0 amide bonds. The van der Waals surface area contributed by atoms with Gasteiger partial charge in [-0.05, 0) is 78.0 Å². The number of allylic oxidation sites excluding steroid dienone is 7. The van der Waals surface area contributed by atoms with E-state index in [9.17, 15) is 9.59 Å². The van der Waals surface area contributed by atoms with Crippen molar-refractivity contribution in [3.05, 3.63) is 120 Å². The van der Waals surface area contributed by atoms with Crippen molar-refractivity contribution in [2.45, 2.75) is 57.8 Å². The van der Waals surface area contributed by atoms with E-state index in [1.54, 1.807) is 36.4 Å². The average molecular weight is 547 g/mol. The van der Waals surface area contributed by atoms with E-state index in [0.717, 1.165) is 54.4 Å². The molecule has 0 spiro atoms. The van der Waals surface area contributed by atoms with Gasteiger partial charge >= 0.3 is 11.9 Å². The Kier molecular flexibility index (Phi) is 12.1. The Balaban J connectivity index is 1.24. The van der Waals surface area contributed by atoms with Crippen LogP contribution in [-0.2, 0) is 19.1 Å². The van der Waals surface area contributed by atoms with E-state index in [1.165, 1.54) is 0 Å². The highest BCUT2D eigenvalue weighted by atomic mass is 16.5. The van der Waals surface area contributed by atoms with Crippen LogP contribution in [0.5, 0.6) is 0 Å². The summed E-state index contributed by atoms with van der Waals surface area (Å²) in [5, 5.41) is 17.8. The molecule has 0 bridgehead atoms. The number of nitrogens with zero attached hydrogens (tertiary/aromatic N) is 2. The molecule has 0 atom stereocenters. The minimum Gasteiger partial charge on any atom is -0.431 e. The first-order chi connectivity index (χ1) is 19.9. The van der Waals surface area contributed by atoms with Gasteiger partial charge in [-0.15, -0.1) is 0 Å². The molecule has 41 heavy (non-hydrogen) atoms. The third kappa shape index (κ3) is 10.6. The first-order valence-corrected chi connectivity index (χ1v) is 13.8. The molecule has 2 aromatic rings. The normalized spacial score (nSPS) is 12.4. The smallest absolute Gasteiger partial charge is 0.311 e. The molecule has 0 saturated carbocycles. The Morgan fingerprint density at radius 1 is 0.756 bits per heavy atom. The molecular formula is C35H34N2O4. The van der Waals surface area contributed by atoms with Crippen LogP contribution in [-0.4, -0.2) is 11.9 Å². The van der Waals surface area contributed by atoms with Crippen molar-refractivity contribution >= 4 is 23.1 Å². The monoisotopic (exact) mass is 546 g/mol. The van der Waals surface area contributed by atoms with E-state index in [0.29, 0.717) is 42.6 Å². The Labute approximate surface area is 242 Å². The maximum Gasteiger partial charge on any atom is 0.311 e. The number of hydrogen-bond donors (Lipinski definition) is 0. The SMILES string of the molecule is C=C(/C=C\C(=C)c1ccc(C#N)cc1)OC(=O)CCCCCCCC(=O)OC1=CC=C(c2ccc(C#N)cc2)CC1. The van der Waals surface area contributed by atoms with E-state index in [1.807, 2.05) is 36.4 Å². The van der Waals surface area contributed by atoms with Gasteiger partial charge in [0.1, 0.15) is 11.5 Å². The fraction of sp³-hybridized carbons (Fsp3) is 0.257. The summed E-state index contributed by atoms with van der Waals surface area (Å²) in [5.41, 5.74) is 5.02. The number of unbranched alkanes of at least 4 members (excludes halogenated alkanes) is 4. The first-order valence-electron chi connectivity index (χ1n) is 13.8. The summed E-state index contributed by atoms with van der Waals surface area (Å²) in [6, 6.07) is 18.7. The van der Waals surface area contributed by atoms with Gasteiger partial charge in [0.25, 0.3) is 0 Å². The summed E-state index contributed by atoms with van der Waals surface area (Å²) < 4.78 is 10.8. The highest BCUT2D eigenvalue weighted by molar-refractivity contribution is 5.74. The zero-order chi connectivity index (χ0) is 29.5. The number of rotatable bonds is 14. The van der Waals surface area contributed by atoms with Gasteiger partial charge in [0.2, 0.25) is 0 Å². The fourth-order valence-electron chi connectivity index (χ4n) is 4.25. The van der Waals surface area contributed by atoms with Gasteiger partial charge in [-0.25, -0.2) is 0 Å². The number of hydrogen-bond acceptors (Lipinski definition) is 6. The number of ether oxygens (including phenoxy) is 2. The molecule has 0 unspecified atom stereocenters. The number of carbonyl (C=O) groups excluding carboxylic acids is 2. The van der Waals surface area contributed by atoms with Crippen molar-refractivity contribution in [1.29, 1.82) is 10.5 Å². The van der Waals surface area contributed by atoms with E-state index >= 15 is 0 Å². The summed E-state index contributed by atoms with van der Waals surface area (Å²) in [4.78, 5) is 24.3. The van der Waals surface area contributed by atoms with E-state index < -0.39 is 0 Å². The molecule has 0 aliphatic heterocycles. The Morgan fingerprint density at radius 2 is 1.34 bits per heavy atom. The molecule has 0 aromatic heterocycles. The van der Waals surface area contributed by atoms with Crippen LogP contribution in [0.15, 0.2) is 97.5 Å². The second kappa shape index (κ2) is 16.2. The molecule has 0 N–H and O–H groups in total. The largest absolute Gasteiger partial charge is 0.431 e. The van der Waals surface area contributed by atoms with Crippen molar-refractivity contribution in [1.82, 2.24) is 0 Å². The molecular weight excluding hydrogens is 512 g/mol. The van der Waals surface area contributed by atoms with Crippen LogP contribution >= 0.6 is 0 Å². The van der Waals surface area contributed by atoms with Crippen LogP contribution in [0.3, 0.4) is 0 Å². The maximum atomic E-state index is 12.2. The maximum absolute atomic E-state index is 12.2. The van der Waals surface area contributed by atoms with Crippen molar-refractivity contribution < 1.29 is 19.1 Å². The van der Waals surface area contributed by atoms with E-state index in [4.69, 9.17) is 20.0 Å². The molecule has 2 aromatic carbocycles. The zero-order valence-electron chi connectivity index (χ0n) is 23.2. The number of esters is 2. The molecule has 0 fully saturated rings. The molecule has 208 valence electrons. The first kappa shape index (κ1) is 30.6. The van der Waals surface area contributed by atoms with Crippen LogP contribution in [0.2, 0.25) is 0 Å². The second-order valence-corrected chi connectivity index (χ2v) is 9.74. The molecule has 0 saturated heterocycles. The lowest BCUT2D eigenvalue weighted by atomic mass is 9.96. The fourth-order valence-corrected chi connectivity index (χ4v) is 4.25. The average Bonchev–Trinajstić information content (AvgIpc) is 3.00. The topological polar surface area (TPSA) is 100 Å². The van der Waals surface area contributed by atoms with Crippen molar-refractivity contribution in [2.24, 2.45) is 0 Å². The van der Waals surface area contributed by atoms with Gasteiger partial charge < -0.3 is 9.47 Å². The summed E-state index contributed by atoms with van der Waals surface area (Å²) in [5.74, 6) is 0.381. The molecule has 0 radical (unpaired) electrons. The van der Waals surface area contributed by atoms with Crippen molar-refractivity contribution in [2.75, 3.05) is 0 Å². The van der Waals surface area contributed by atoms with Gasteiger partial charge in [0.05, 0.1) is 23.3 Å². The highest BCUT2D eigenvalue weighted by Crippen LogP contribution is 2.27. The number of nitriles is 2. The van der Waals surface area contributed by atoms with Crippen LogP contribution in [0.4, 0.5) is 0 Å². The van der Waals surface area contributed by atoms with Crippen LogP contribution in [0.1, 0.15) is 80.0 Å². The summed E-state index contributed by atoms with van der Waals surface area (Å²) in [7, 11) is 0. The van der Waals surface area contributed by atoms with Crippen LogP contribution < -0.4 is 0 Å². The van der Waals surface area contributed by atoms with E-state index in [2.05, 4.69) is 25.3 Å². The summed E-state index contributed by atoms with van der Waals surface area (Å²) >= 11 is 0. The molecule has 1 aliphatic carbocycles. The molecule has 6 heteroatoms. The number of carbonyl (C=O) groups is 2. The van der Waals surface area contributed by atoms with Gasteiger partial charge in [-0.3, -0.25) is 9.59 Å². The quantitative estimate of drug-likeness (QED) is 0.103. The van der Waals surface area contributed by atoms with Gasteiger partial charge in [0, 0.05) is 19.3 Å². The number of benzene rings is 2. The van der Waals surface area contributed by atoms with Gasteiger partial charge in [0.15, 0.2) is 0 Å². The lowest BCUT2D eigenvalue weighted by Crippen LogP contribution is -2.06. The highest BCUT2D eigenvalue weighted by Gasteiger charge is 2.13. The molecule has 3 rings (SSSR count). The zero-order valence-corrected chi connectivity index (χ0v) is 23.2. The predicted molar refractivity (Wildman–Crippen MR) is 159 cm³/mol. The predicted octanol–water partition coefficient (Wildman–Crippen LogP) is 8.09. The Hall–Kier alpha value is -4.94. The van der Waals surface area contributed by atoms with Crippen LogP contribution in [0, 0.1) is 22.7 Å². The van der Waals surface area contributed by atoms with Gasteiger partial charge in [-0.2, -0.15) is 10.5 Å². The minimum atomic E-state index is -0.329. The minimum absolute atomic E-state index is 0.219. The standard InChI is InChI=1S/C35H34N2O4/c1-26(30-16-12-28(24-36)13-17-30)10-11-27(2)40-34(38)8-6-4-3-5-7-9-35(39)41-33-22-20-32(21-23-33)31-18-14-29(25-37)15-19-31/h10-20,22H,1-9,21,23H2/b11-10-.